The molecule has 1 aromatic carbocycles. The molecular weight excluding hydrogens is 248 g/mol. The van der Waals surface area contributed by atoms with E-state index in [9.17, 15) is 10.1 Å². The molecule has 0 aromatic heterocycles. The van der Waals surface area contributed by atoms with Gasteiger partial charge in [-0.05, 0) is 19.0 Å². The standard InChI is InChI=1S/C10H10N2O4.ClH/c13-12(14)8-4-10-9(15-5-16-10)3-6(8)7-1-2-11-7;/h3-4,7,11H,1-2,5H2;1H/t7-;/m1./s1. The van der Waals surface area contributed by atoms with Gasteiger partial charge in [0.2, 0.25) is 6.79 Å². The van der Waals surface area contributed by atoms with Crippen LogP contribution in [0.15, 0.2) is 12.1 Å². The van der Waals surface area contributed by atoms with E-state index in [1.165, 1.54) is 6.07 Å². The minimum atomic E-state index is -0.378. The van der Waals surface area contributed by atoms with Crippen LogP contribution in [0.4, 0.5) is 5.69 Å². The van der Waals surface area contributed by atoms with Crippen LogP contribution in [0.2, 0.25) is 0 Å². The first-order chi connectivity index (χ1) is 7.75. The molecule has 1 saturated heterocycles. The van der Waals surface area contributed by atoms with E-state index in [-0.39, 0.29) is 35.9 Å². The van der Waals surface area contributed by atoms with Crippen molar-refractivity contribution in [3.63, 3.8) is 0 Å². The molecule has 0 amide bonds. The van der Waals surface area contributed by atoms with Crippen LogP contribution in [-0.4, -0.2) is 18.3 Å². The van der Waals surface area contributed by atoms with Crippen molar-refractivity contribution in [2.45, 2.75) is 12.5 Å². The van der Waals surface area contributed by atoms with Crippen molar-refractivity contribution in [2.75, 3.05) is 13.3 Å². The summed E-state index contributed by atoms with van der Waals surface area (Å²) in [6.45, 7) is 1.03. The second-order valence-electron chi connectivity index (χ2n) is 3.82. The summed E-state index contributed by atoms with van der Waals surface area (Å²) in [5.74, 6) is 1.05. The molecule has 0 aliphatic carbocycles. The van der Waals surface area contributed by atoms with Crippen LogP contribution in [0.5, 0.6) is 11.5 Å². The lowest BCUT2D eigenvalue weighted by molar-refractivity contribution is -0.386. The smallest absolute Gasteiger partial charge is 0.278 e. The van der Waals surface area contributed by atoms with E-state index in [2.05, 4.69) is 5.32 Å². The lowest BCUT2D eigenvalue weighted by atomic mass is 9.96. The van der Waals surface area contributed by atoms with Crippen molar-refractivity contribution in [1.82, 2.24) is 5.32 Å². The van der Waals surface area contributed by atoms with Gasteiger partial charge in [0.1, 0.15) is 0 Å². The summed E-state index contributed by atoms with van der Waals surface area (Å²) in [6, 6.07) is 3.21. The molecule has 1 atom stereocenters. The maximum atomic E-state index is 10.9. The van der Waals surface area contributed by atoms with Crippen molar-refractivity contribution in [1.29, 1.82) is 0 Å². The highest BCUT2D eigenvalue weighted by atomic mass is 35.5. The summed E-state index contributed by atoms with van der Waals surface area (Å²) in [4.78, 5) is 10.6. The predicted molar refractivity (Wildman–Crippen MR) is 61.8 cm³/mol. The Morgan fingerprint density at radius 3 is 2.53 bits per heavy atom. The molecule has 2 aliphatic rings. The number of nitro groups is 1. The maximum absolute atomic E-state index is 10.9. The molecule has 1 fully saturated rings. The van der Waals surface area contributed by atoms with Gasteiger partial charge in [0.15, 0.2) is 11.5 Å². The normalized spacial score (nSPS) is 20.4. The first kappa shape index (κ1) is 11.9. The summed E-state index contributed by atoms with van der Waals surface area (Å²) in [5, 5.41) is 14.1. The number of nitrogens with one attached hydrogen (secondary N) is 1. The fraction of sp³-hybridized carbons (Fsp3) is 0.400. The Bertz CT molecular complexity index is 462. The first-order valence-corrected chi connectivity index (χ1v) is 5.07. The largest absolute Gasteiger partial charge is 0.454 e. The number of hydrogen-bond acceptors (Lipinski definition) is 5. The monoisotopic (exact) mass is 258 g/mol. The van der Waals surface area contributed by atoms with Gasteiger partial charge in [0.05, 0.1) is 16.6 Å². The molecule has 3 rings (SSSR count). The summed E-state index contributed by atoms with van der Waals surface area (Å²) in [5.41, 5.74) is 0.780. The SMILES string of the molecule is Cl.O=[N+]([O-])c1cc2c(cc1[C@H]1CCN1)OCO2. The molecule has 2 heterocycles. The molecular formula is C10H11ClN2O4. The maximum Gasteiger partial charge on any atom is 0.278 e. The highest BCUT2D eigenvalue weighted by Gasteiger charge is 2.30. The van der Waals surface area contributed by atoms with Gasteiger partial charge in [0, 0.05) is 6.04 Å². The summed E-state index contributed by atoms with van der Waals surface area (Å²) >= 11 is 0. The van der Waals surface area contributed by atoms with Gasteiger partial charge in [0.25, 0.3) is 5.69 Å². The van der Waals surface area contributed by atoms with E-state index in [0.717, 1.165) is 13.0 Å². The third kappa shape index (κ3) is 1.89. The Morgan fingerprint density at radius 2 is 2.00 bits per heavy atom. The van der Waals surface area contributed by atoms with Crippen molar-refractivity contribution in [2.24, 2.45) is 0 Å². The van der Waals surface area contributed by atoms with Crippen LogP contribution in [-0.2, 0) is 0 Å². The van der Waals surface area contributed by atoms with E-state index in [0.29, 0.717) is 17.1 Å². The minimum absolute atomic E-state index is 0. The van der Waals surface area contributed by atoms with E-state index >= 15 is 0 Å². The average molecular weight is 259 g/mol. The molecule has 92 valence electrons. The molecule has 0 saturated carbocycles. The number of fused-ring (bicyclic) bond motifs is 1. The van der Waals surface area contributed by atoms with Crippen LogP contribution < -0.4 is 14.8 Å². The zero-order chi connectivity index (χ0) is 11.1. The van der Waals surface area contributed by atoms with Crippen LogP contribution in [0, 0.1) is 10.1 Å². The van der Waals surface area contributed by atoms with E-state index < -0.39 is 0 Å². The molecule has 1 N–H and O–H groups in total. The third-order valence-electron chi connectivity index (χ3n) is 2.92. The zero-order valence-electron chi connectivity index (χ0n) is 8.84. The Balaban J connectivity index is 0.00000108. The minimum Gasteiger partial charge on any atom is -0.454 e. The summed E-state index contributed by atoms with van der Waals surface area (Å²) in [7, 11) is 0. The van der Waals surface area contributed by atoms with Crippen LogP contribution in [0.1, 0.15) is 18.0 Å². The third-order valence-corrected chi connectivity index (χ3v) is 2.92. The molecule has 2 aliphatic heterocycles. The number of rotatable bonds is 2. The fourth-order valence-electron chi connectivity index (χ4n) is 1.94. The molecule has 17 heavy (non-hydrogen) atoms. The van der Waals surface area contributed by atoms with E-state index in [1.807, 2.05) is 0 Å². The van der Waals surface area contributed by atoms with Gasteiger partial charge in [-0.1, -0.05) is 0 Å². The number of hydrogen-bond donors (Lipinski definition) is 1. The van der Waals surface area contributed by atoms with Crippen LogP contribution in [0.25, 0.3) is 0 Å². The number of nitrogens with zero attached hydrogens (tertiary/aromatic N) is 1. The molecule has 1 aromatic rings. The highest BCUT2D eigenvalue weighted by molar-refractivity contribution is 5.85. The number of halogens is 1. The number of benzene rings is 1. The fourth-order valence-corrected chi connectivity index (χ4v) is 1.94. The van der Waals surface area contributed by atoms with Crippen LogP contribution in [0.3, 0.4) is 0 Å². The molecule has 0 spiro atoms. The quantitative estimate of drug-likeness (QED) is 0.647. The Hall–Kier alpha value is -1.53. The first-order valence-electron chi connectivity index (χ1n) is 5.07. The number of nitro benzene ring substituents is 1. The molecule has 0 bridgehead atoms. The summed E-state index contributed by atoms with van der Waals surface area (Å²) in [6.07, 6.45) is 0.917. The van der Waals surface area contributed by atoms with Crippen LogP contribution >= 0.6 is 12.4 Å². The van der Waals surface area contributed by atoms with Gasteiger partial charge in [-0.3, -0.25) is 10.1 Å². The van der Waals surface area contributed by atoms with Gasteiger partial charge in [-0.2, -0.15) is 0 Å². The zero-order valence-corrected chi connectivity index (χ0v) is 9.66. The van der Waals surface area contributed by atoms with Gasteiger partial charge < -0.3 is 14.8 Å². The van der Waals surface area contributed by atoms with E-state index in [1.54, 1.807) is 6.07 Å². The molecule has 0 radical (unpaired) electrons. The number of ether oxygens (including phenoxy) is 2. The highest BCUT2D eigenvalue weighted by Crippen LogP contribution is 2.41. The molecule has 6 nitrogen and oxygen atoms in total. The van der Waals surface area contributed by atoms with E-state index in [4.69, 9.17) is 9.47 Å². The van der Waals surface area contributed by atoms with Gasteiger partial charge >= 0.3 is 0 Å². The van der Waals surface area contributed by atoms with Gasteiger partial charge in [-0.25, -0.2) is 0 Å². The topological polar surface area (TPSA) is 73.6 Å². The Morgan fingerprint density at radius 1 is 1.35 bits per heavy atom. The van der Waals surface area contributed by atoms with Crippen molar-refractivity contribution >= 4 is 18.1 Å². The average Bonchev–Trinajstić information content (AvgIpc) is 2.60. The lowest BCUT2D eigenvalue weighted by Gasteiger charge is -2.27. The van der Waals surface area contributed by atoms with Crippen molar-refractivity contribution in [3.8, 4) is 11.5 Å². The Kier molecular flexibility index (Phi) is 3.08. The predicted octanol–water partition coefficient (Wildman–Crippen LogP) is 1.78. The lowest BCUT2D eigenvalue weighted by Crippen LogP contribution is -2.35. The molecule has 7 heteroatoms. The second-order valence-corrected chi connectivity index (χ2v) is 3.82. The summed E-state index contributed by atoms with van der Waals surface area (Å²) < 4.78 is 10.3. The van der Waals surface area contributed by atoms with Gasteiger partial charge in [-0.15, -0.1) is 12.4 Å². The Labute approximate surface area is 103 Å². The second kappa shape index (κ2) is 4.38. The van der Waals surface area contributed by atoms with Crippen molar-refractivity contribution in [3.05, 3.63) is 27.8 Å². The molecule has 0 unspecified atom stereocenters. The van der Waals surface area contributed by atoms with Crippen molar-refractivity contribution < 1.29 is 14.4 Å².